The molecule has 0 atom stereocenters. The van der Waals surface area contributed by atoms with Crippen LogP contribution >= 0.6 is 0 Å². The van der Waals surface area contributed by atoms with E-state index in [1.54, 1.807) is 6.08 Å². The van der Waals surface area contributed by atoms with E-state index in [1.807, 2.05) is 30.3 Å². The summed E-state index contributed by atoms with van der Waals surface area (Å²) in [6, 6.07) is 10.1. The molecule has 1 aromatic rings. The number of carbonyl (C=O) groups excluding carboxylic acids is 1. The first kappa shape index (κ1) is 13.3. The summed E-state index contributed by atoms with van der Waals surface area (Å²) in [6.07, 6.45) is 1.98. The van der Waals surface area contributed by atoms with E-state index in [0.29, 0.717) is 13.0 Å². The van der Waals surface area contributed by atoms with Crippen LogP contribution in [0.15, 0.2) is 43.0 Å². The molecule has 0 bridgehead atoms. The standard InChI is InChI=1S/C14H19NO2/c1-3-12-17-14(16)10-11-15(4-2)13-8-6-5-7-9-13/h3,5-9H,1,4,10-12H2,2H3. The van der Waals surface area contributed by atoms with E-state index < -0.39 is 0 Å². The van der Waals surface area contributed by atoms with Crippen molar-refractivity contribution in [2.24, 2.45) is 0 Å². The van der Waals surface area contributed by atoms with Gasteiger partial charge in [0.25, 0.3) is 0 Å². The predicted molar refractivity (Wildman–Crippen MR) is 70.1 cm³/mol. The first-order chi connectivity index (χ1) is 8.27. The molecule has 0 aromatic heterocycles. The number of nitrogens with zero attached hydrogens (tertiary/aromatic N) is 1. The molecule has 0 unspecified atom stereocenters. The van der Waals surface area contributed by atoms with Crippen LogP contribution in [-0.2, 0) is 9.53 Å². The summed E-state index contributed by atoms with van der Waals surface area (Å²) < 4.78 is 4.94. The maximum absolute atomic E-state index is 11.4. The molecule has 0 amide bonds. The average molecular weight is 233 g/mol. The third-order valence-electron chi connectivity index (χ3n) is 2.45. The molecule has 0 aliphatic rings. The highest BCUT2D eigenvalue weighted by atomic mass is 16.5. The van der Waals surface area contributed by atoms with Gasteiger partial charge in [-0.2, -0.15) is 0 Å². The highest BCUT2D eigenvalue weighted by molar-refractivity contribution is 5.70. The molecule has 0 N–H and O–H groups in total. The van der Waals surface area contributed by atoms with Gasteiger partial charge in [0.2, 0.25) is 0 Å². The normalized spacial score (nSPS) is 9.71. The number of carbonyl (C=O) groups is 1. The zero-order valence-corrected chi connectivity index (χ0v) is 10.3. The van der Waals surface area contributed by atoms with Gasteiger partial charge in [0, 0.05) is 18.8 Å². The first-order valence-corrected chi connectivity index (χ1v) is 5.84. The Morgan fingerprint density at radius 2 is 2.12 bits per heavy atom. The second-order valence-corrected chi connectivity index (χ2v) is 3.64. The first-order valence-electron chi connectivity index (χ1n) is 5.84. The maximum Gasteiger partial charge on any atom is 0.307 e. The minimum atomic E-state index is -0.181. The van der Waals surface area contributed by atoms with E-state index in [4.69, 9.17) is 4.74 Å². The SMILES string of the molecule is C=CCOC(=O)CCN(CC)c1ccccc1. The van der Waals surface area contributed by atoms with Crippen molar-refractivity contribution in [1.82, 2.24) is 0 Å². The Balaban J connectivity index is 2.43. The summed E-state index contributed by atoms with van der Waals surface area (Å²) in [5.74, 6) is -0.181. The van der Waals surface area contributed by atoms with E-state index in [-0.39, 0.29) is 12.6 Å². The van der Waals surface area contributed by atoms with Crippen molar-refractivity contribution in [3.63, 3.8) is 0 Å². The minimum absolute atomic E-state index is 0.181. The summed E-state index contributed by atoms with van der Waals surface area (Å²) >= 11 is 0. The molecule has 0 radical (unpaired) electrons. The summed E-state index contributed by atoms with van der Waals surface area (Å²) in [5.41, 5.74) is 1.13. The monoisotopic (exact) mass is 233 g/mol. The number of esters is 1. The van der Waals surface area contributed by atoms with Crippen LogP contribution in [0, 0.1) is 0 Å². The summed E-state index contributed by atoms with van der Waals surface area (Å²) in [6.45, 7) is 7.41. The van der Waals surface area contributed by atoms with Crippen molar-refractivity contribution in [1.29, 1.82) is 0 Å². The number of hydrogen-bond donors (Lipinski definition) is 0. The Hall–Kier alpha value is -1.77. The molecule has 0 saturated carbocycles. The van der Waals surface area contributed by atoms with Gasteiger partial charge in [-0.1, -0.05) is 30.9 Å². The number of para-hydroxylation sites is 1. The van der Waals surface area contributed by atoms with E-state index in [9.17, 15) is 4.79 Å². The van der Waals surface area contributed by atoms with E-state index in [1.165, 1.54) is 0 Å². The number of benzene rings is 1. The van der Waals surface area contributed by atoms with E-state index in [0.717, 1.165) is 12.2 Å². The Bertz CT molecular complexity index is 348. The van der Waals surface area contributed by atoms with Crippen LogP contribution in [0.4, 0.5) is 5.69 Å². The van der Waals surface area contributed by atoms with Gasteiger partial charge < -0.3 is 9.64 Å². The van der Waals surface area contributed by atoms with Gasteiger partial charge in [-0.3, -0.25) is 4.79 Å². The molecule has 0 aliphatic heterocycles. The zero-order valence-electron chi connectivity index (χ0n) is 10.3. The highest BCUT2D eigenvalue weighted by Gasteiger charge is 2.07. The van der Waals surface area contributed by atoms with Crippen LogP contribution in [0.1, 0.15) is 13.3 Å². The fourth-order valence-corrected chi connectivity index (χ4v) is 1.56. The number of ether oxygens (including phenoxy) is 1. The van der Waals surface area contributed by atoms with Crippen LogP contribution in [0.2, 0.25) is 0 Å². The third kappa shape index (κ3) is 4.72. The van der Waals surface area contributed by atoms with Crippen molar-refractivity contribution < 1.29 is 9.53 Å². The molecule has 1 rings (SSSR count). The zero-order chi connectivity index (χ0) is 12.5. The lowest BCUT2D eigenvalue weighted by Gasteiger charge is -2.22. The van der Waals surface area contributed by atoms with Gasteiger partial charge in [-0.05, 0) is 19.1 Å². The number of hydrogen-bond acceptors (Lipinski definition) is 3. The van der Waals surface area contributed by atoms with E-state index in [2.05, 4.69) is 18.4 Å². The third-order valence-corrected chi connectivity index (χ3v) is 2.45. The number of rotatable bonds is 7. The lowest BCUT2D eigenvalue weighted by molar-refractivity contribution is -0.142. The lowest BCUT2D eigenvalue weighted by Crippen LogP contribution is -2.26. The molecular weight excluding hydrogens is 214 g/mol. The Kier molecular flexibility index (Phi) is 5.86. The van der Waals surface area contributed by atoms with Crippen molar-refractivity contribution in [2.75, 3.05) is 24.6 Å². The molecule has 0 aliphatic carbocycles. The second kappa shape index (κ2) is 7.49. The molecule has 92 valence electrons. The molecule has 0 saturated heterocycles. The topological polar surface area (TPSA) is 29.5 Å². The van der Waals surface area contributed by atoms with Crippen LogP contribution in [0.5, 0.6) is 0 Å². The predicted octanol–water partition coefficient (Wildman–Crippen LogP) is 2.63. The van der Waals surface area contributed by atoms with Crippen molar-refractivity contribution in [3.05, 3.63) is 43.0 Å². The number of anilines is 1. The highest BCUT2D eigenvalue weighted by Crippen LogP contribution is 2.13. The van der Waals surface area contributed by atoms with Crippen LogP contribution in [0.3, 0.4) is 0 Å². The smallest absolute Gasteiger partial charge is 0.307 e. The summed E-state index contributed by atoms with van der Waals surface area (Å²) in [4.78, 5) is 13.5. The van der Waals surface area contributed by atoms with Gasteiger partial charge >= 0.3 is 5.97 Å². The molecule has 0 fully saturated rings. The molecule has 17 heavy (non-hydrogen) atoms. The van der Waals surface area contributed by atoms with Crippen molar-refractivity contribution >= 4 is 11.7 Å². The Morgan fingerprint density at radius 3 is 2.71 bits per heavy atom. The minimum Gasteiger partial charge on any atom is -0.461 e. The van der Waals surface area contributed by atoms with Crippen LogP contribution in [0.25, 0.3) is 0 Å². The molecule has 3 heteroatoms. The quantitative estimate of drug-likeness (QED) is 0.535. The Labute approximate surface area is 103 Å². The summed E-state index contributed by atoms with van der Waals surface area (Å²) in [7, 11) is 0. The van der Waals surface area contributed by atoms with E-state index >= 15 is 0 Å². The largest absolute Gasteiger partial charge is 0.461 e. The molecular formula is C14H19NO2. The van der Waals surface area contributed by atoms with Crippen LogP contribution in [-0.4, -0.2) is 25.7 Å². The van der Waals surface area contributed by atoms with Crippen molar-refractivity contribution in [2.45, 2.75) is 13.3 Å². The van der Waals surface area contributed by atoms with Crippen LogP contribution < -0.4 is 4.90 Å². The Morgan fingerprint density at radius 1 is 1.41 bits per heavy atom. The van der Waals surface area contributed by atoms with Gasteiger partial charge in [-0.25, -0.2) is 0 Å². The van der Waals surface area contributed by atoms with Gasteiger partial charge in [0.15, 0.2) is 0 Å². The van der Waals surface area contributed by atoms with Gasteiger partial charge in [0.1, 0.15) is 6.61 Å². The fourth-order valence-electron chi connectivity index (χ4n) is 1.56. The maximum atomic E-state index is 11.4. The molecule has 1 aromatic carbocycles. The fraction of sp³-hybridized carbons (Fsp3) is 0.357. The lowest BCUT2D eigenvalue weighted by atomic mass is 10.2. The molecule has 0 spiro atoms. The average Bonchev–Trinajstić information content (AvgIpc) is 2.38. The molecule has 0 heterocycles. The second-order valence-electron chi connectivity index (χ2n) is 3.64. The van der Waals surface area contributed by atoms with Gasteiger partial charge in [-0.15, -0.1) is 0 Å². The summed E-state index contributed by atoms with van der Waals surface area (Å²) in [5, 5.41) is 0. The molecule has 3 nitrogen and oxygen atoms in total. The van der Waals surface area contributed by atoms with Crippen molar-refractivity contribution in [3.8, 4) is 0 Å². The van der Waals surface area contributed by atoms with Gasteiger partial charge in [0.05, 0.1) is 6.42 Å².